The quantitative estimate of drug-likeness (QED) is 0.417. The van der Waals surface area contributed by atoms with E-state index in [1.54, 1.807) is 0 Å². The summed E-state index contributed by atoms with van der Waals surface area (Å²) in [5.74, 6) is 3.13. The van der Waals surface area contributed by atoms with Gasteiger partial charge in [0.25, 0.3) is 5.89 Å². The molecule has 0 atom stereocenters. The second kappa shape index (κ2) is 7.76. The summed E-state index contributed by atoms with van der Waals surface area (Å²) in [6.07, 6.45) is 0. The van der Waals surface area contributed by atoms with Gasteiger partial charge < -0.3 is 14.2 Å². The first-order valence-electron chi connectivity index (χ1n) is 8.68. The van der Waals surface area contributed by atoms with Crippen molar-refractivity contribution in [2.45, 2.75) is 37.8 Å². The van der Waals surface area contributed by atoms with Crippen LogP contribution in [0.4, 0.5) is 10.8 Å². The van der Waals surface area contributed by atoms with Crippen molar-refractivity contribution < 1.29 is 8.83 Å². The maximum atomic E-state index is 5.75. The fourth-order valence-corrected chi connectivity index (χ4v) is 4.38. The van der Waals surface area contributed by atoms with Gasteiger partial charge >= 0.3 is 0 Å². The highest BCUT2D eigenvalue weighted by Gasteiger charge is 2.15. The van der Waals surface area contributed by atoms with E-state index < -0.39 is 0 Å². The van der Waals surface area contributed by atoms with Crippen LogP contribution >= 0.6 is 23.1 Å². The number of furan rings is 1. The van der Waals surface area contributed by atoms with Crippen molar-refractivity contribution in [3.05, 3.63) is 52.8 Å². The third-order valence-corrected chi connectivity index (χ3v) is 6.04. The van der Waals surface area contributed by atoms with Crippen LogP contribution in [-0.4, -0.2) is 20.4 Å². The van der Waals surface area contributed by atoms with Crippen LogP contribution in [0.15, 0.2) is 37.4 Å². The van der Waals surface area contributed by atoms with Gasteiger partial charge in [0.2, 0.25) is 11.0 Å². The van der Waals surface area contributed by atoms with Crippen molar-refractivity contribution in [1.29, 1.82) is 0 Å². The zero-order valence-corrected chi connectivity index (χ0v) is 17.6. The molecule has 28 heavy (non-hydrogen) atoms. The number of anilines is 2. The molecule has 4 rings (SSSR count). The van der Waals surface area contributed by atoms with Crippen molar-refractivity contribution in [3.8, 4) is 11.5 Å². The average Bonchev–Trinajstić information content (AvgIpc) is 3.36. The molecular weight excluding hydrogens is 394 g/mol. The molecule has 0 aliphatic carbocycles. The maximum Gasteiger partial charge on any atom is 0.251 e. The summed E-state index contributed by atoms with van der Waals surface area (Å²) in [6, 6.07) is 8.16. The van der Waals surface area contributed by atoms with E-state index in [4.69, 9.17) is 8.83 Å². The number of aryl methyl sites for hydroxylation is 4. The van der Waals surface area contributed by atoms with Gasteiger partial charge in [-0.1, -0.05) is 40.8 Å². The molecule has 0 saturated carbocycles. The standard InChI is InChI=1S/C19H19N5O2S2/c1-10-5-6-15(11(2)7-10)20-18-23-24-19(28-18)27-9-16-21-22-17(26-16)14-8-12(3)25-13(14)4/h5-8H,9H2,1-4H3,(H,20,23). The largest absolute Gasteiger partial charge is 0.466 e. The summed E-state index contributed by atoms with van der Waals surface area (Å²) in [6.45, 7) is 7.92. The maximum absolute atomic E-state index is 5.75. The molecule has 0 saturated heterocycles. The summed E-state index contributed by atoms with van der Waals surface area (Å²) in [5.41, 5.74) is 4.27. The van der Waals surface area contributed by atoms with E-state index in [1.165, 1.54) is 34.2 Å². The number of aromatic nitrogens is 4. The van der Waals surface area contributed by atoms with Gasteiger partial charge in [-0.15, -0.1) is 20.4 Å². The molecule has 0 aliphatic heterocycles. The lowest BCUT2D eigenvalue weighted by atomic mass is 10.1. The molecule has 1 N–H and O–H groups in total. The topological polar surface area (TPSA) is 89.9 Å². The van der Waals surface area contributed by atoms with E-state index in [-0.39, 0.29) is 0 Å². The Morgan fingerprint density at radius 3 is 2.61 bits per heavy atom. The predicted octanol–water partition coefficient (Wildman–Crippen LogP) is 5.45. The lowest BCUT2D eigenvalue weighted by Crippen LogP contribution is -1.92. The first-order valence-corrected chi connectivity index (χ1v) is 10.5. The molecule has 0 amide bonds. The molecule has 0 radical (unpaired) electrons. The van der Waals surface area contributed by atoms with Gasteiger partial charge in [-0.25, -0.2) is 0 Å². The molecule has 0 bridgehead atoms. The number of nitrogens with one attached hydrogen (secondary N) is 1. The SMILES string of the molecule is Cc1ccc(Nc2nnc(SCc3nnc(-c4cc(C)oc4C)o3)s2)c(C)c1. The Hall–Kier alpha value is -2.65. The van der Waals surface area contributed by atoms with Crippen molar-refractivity contribution in [3.63, 3.8) is 0 Å². The van der Waals surface area contributed by atoms with Crippen molar-refractivity contribution in [2.24, 2.45) is 0 Å². The Balaban J connectivity index is 1.39. The van der Waals surface area contributed by atoms with Crippen molar-refractivity contribution >= 4 is 33.9 Å². The average molecular weight is 414 g/mol. The number of benzene rings is 1. The minimum atomic E-state index is 0.472. The summed E-state index contributed by atoms with van der Waals surface area (Å²) >= 11 is 3.01. The first-order chi connectivity index (χ1) is 13.5. The number of hydrogen-bond donors (Lipinski definition) is 1. The zero-order chi connectivity index (χ0) is 19.7. The zero-order valence-electron chi connectivity index (χ0n) is 15.9. The van der Waals surface area contributed by atoms with E-state index in [0.29, 0.717) is 17.5 Å². The summed E-state index contributed by atoms with van der Waals surface area (Å²) in [5, 5.41) is 20.7. The summed E-state index contributed by atoms with van der Waals surface area (Å²) < 4.78 is 12.1. The molecule has 144 valence electrons. The Kier molecular flexibility index (Phi) is 5.19. The number of hydrogen-bond acceptors (Lipinski definition) is 9. The summed E-state index contributed by atoms with van der Waals surface area (Å²) in [7, 11) is 0. The Morgan fingerprint density at radius 1 is 1.00 bits per heavy atom. The predicted molar refractivity (Wildman–Crippen MR) is 110 cm³/mol. The van der Waals surface area contributed by atoms with Crippen LogP contribution in [-0.2, 0) is 5.75 Å². The van der Waals surface area contributed by atoms with E-state index in [2.05, 4.69) is 57.8 Å². The van der Waals surface area contributed by atoms with Crippen LogP contribution in [0.5, 0.6) is 0 Å². The van der Waals surface area contributed by atoms with E-state index in [9.17, 15) is 0 Å². The lowest BCUT2D eigenvalue weighted by Gasteiger charge is -2.06. The molecule has 0 fully saturated rings. The van der Waals surface area contributed by atoms with Crippen molar-refractivity contribution in [2.75, 3.05) is 5.32 Å². The molecule has 0 aliphatic rings. The highest BCUT2D eigenvalue weighted by molar-refractivity contribution is 8.00. The molecule has 1 aromatic carbocycles. The lowest BCUT2D eigenvalue weighted by molar-refractivity contribution is 0.499. The fraction of sp³-hybridized carbons (Fsp3) is 0.263. The second-order valence-electron chi connectivity index (χ2n) is 6.43. The minimum Gasteiger partial charge on any atom is -0.466 e. The third-order valence-electron chi connectivity index (χ3n) is 4.09. The third kappa shape index (κ3) is 4.10. The van der Waals surface area contributed by atoms with Crippen LogP contribution in [0.2, 0.25) is 0 Å². The molecule has 3 heterocycles. The molecule has 0 spiro atoms. The highest BCUT2D eigenvalue weighted by Crippen LogP contribution is 2.32. The van der Waals surface area contributed by atoms with Crippen LogP contribution in [0.3, 0.4) is 0 Å². The molecule has 0 unspecified atom stereocenters. The Bertz CT molecular complexity index is 1120. The Labute approximate surface area is 170 Å². The normalized spacial score (nSPS) is 11.1. The summed E-state index contributed by atoms with van der Waals surface area (Å²) in [4.78, 5) is 0. The fourth-order valence-electron chi connectivity index (χ4n) is 2.78. The second-order valence-corrected chi connectivity index (χ2v) is 8.63. The highest BCUT2D eigenvalue weighted by atomic mass is 32.2. The van der Waals surface area contributed by atoms with Crippen molar-refractivity contribution in [1.82, 2.24) is 20.4 Å². The minimum absolute atomic E-state index is 0.472. The van der Waals surface area contributed by atoms with Crippen LogP contribution in [0, 0.1) is 27.7 Å². The van der Waals surface area contributed by atoms with Gasteiger partial charge in [0.05, 0.1) is 11.3 Å². The van der Waals surface area contributed by atoms with E-state index in [1.807, 2.05) is 19.9 Å². The number of thioether (sulfide) groups is 1. The van der Waals surface area contributed by atoms with E-state index in [0.717, 1.165) is 32.2 Å². The smallest absolute Gasteiger partial charge is 0.251 e. The van der Waals surface area contributed by atoms with Gasteiger partial charge in [-0.05, 0) is 45.4 Å². The monoisotopic (exact) mass is 413 g/mol. The van der Waals surface area contributed by atoms with Crippen LogP contribution in [0.25, 0.3) is 11.5 Å². The van der Waals surface area contributed by atoms with Gasteiger partial charge in [-0.2, -0.15) is 0 Å². The number of nitrogens with zero attached hydrogens (tertiary/aromatic N) is 4. The van der Waals surface area contributed by atoms with Gasteiger partial charge in [0, 0.05) is 5.69 Å². The Morgan fingerprint density at radius 2 is 1.86 bits per heavy atom. The molecule has 3 aromatic heterocycles. The van der Waals surface area contributed by atoms with E-state index >= 15 is 0 Å². The van der Waals surface area contributed by atoms with Gasteiger partial charge in [-0.3, -0.25) is 0 Å². The molecule has 7 nitrogen and oxygen atoms in total. The number of rotatable bonds is 6. The van der Waals surface area contributed by atoms with Crippen LogP contribution < -0.4 is 5.32 Å². The van der Waals surface area contributed by atoms with Gasteiger partial charge in [0.15, 0.2) is 4.34 Å². The molecule has 9 heteroatoms. The first kappa shape index (κ1) is 18.7. The van der Waals surface area contributed by atoms with Crippen LogP contribution in [0.1, 0.15) is 28.5 Å². The molecular formula is C19H19N5O2S2. The molecule has 4 aromatic rings. The van der Waals surface area contributed by atoms with Gasteiger partial charge in [0.1, 0.15) is 11.5 Å².